The average Bonchev–Trinajstić information content (AvgIpc) is 2.35. The van der Waals surface area contributed by atoms with E-state index in [4.69, 9.17) is 5.11 Å². The molecule has 0 spiro atoms. The minimum absolute atomic E-state index is 0.0345. The zero-order chi connectivity index (χ0) is 13.7. The Kier molecular flexibility index (Phi) is 4.79. The smallest absolute Gasteiger partial charge is 0.317 e. The van der Waals surface area contributed by atoms with Gasteiger partial charge >= 0.3 is 5.97 Å². The summed E-state index contributed by atoms with van der Waals surface area (Å²) in [6.07, 6.45) is 0. The molecule has 1 aromatic rings. The Balaban J connectivity index is 2.84. The van der Waals surface area contributed by atoms with Crippen molar-refractivity contribution in [3.63, 3.8) is 0 Å². The summed E-state index contributed by atoms with van der Waals surface area (Å²) < 4.78 is 0. The number of nitro benzene ring substituents is 1. The van der Waals surface area contributed by atoms with Gasteiger partial charge in [-0.15, -0.1) is 0 Å². The quantitative estimate of drug-likeness (QED) is 0.618. The van der Waals surface area contributed by atoms with Crippen LogP contribution in [0.3, 0.4) is 0 Å². The maximum atomic E-state index is 10.7. The number of benzene rings is 1. The van der Waals surface area contributed by atoms with Crippen molar-refractivity contribution < 1.29 is 14.8 Å². The number of nitro groups is 1. The SMILES string of the molecule is CCN(CC(=O)O)C(C)c1ccc([N+](=O)[O-])cc1. The van der Waals surface area contributed by atoms with Crippen LogP contribution in [0.15, 0.2) is 24.3 Å². The first-order valence-electron chi connectivity index (χ1n) is 5.66. The van der Waals surface area contributed by atoms with Gasteiger partial charge in [0.25, 0.3) is 5.69 Å². The van der Waals surface area contributed by atoms with E-state index in [2.05, 4.69) is 0 Å². The van der Waals surface area contributed by atoms with Crippen LogP contribution in [0.5, 0.6) is 0 Å². The molecule has 1 N–H and O–H groups in total. The second kappa shape index (κ2) is 6.11. The van der Waals surface area contributed by atoms with Crippen LogP contribution in [-0.4, -0.2) is 34.0 Å². The lowest BCUT2D eigenvalue weighted by atomic mass is 10.1. The molecule has 0 aromatic heterocycles. The van der Waals surface area contributed by atoms with Crippen LogP contribution in [0, 0.1) is 10.1 Å². The summed E-state index contributed by atoms with van der Waals surface area (Å²) in [6, 6.07) is 6.09. The lowest BCUT2D eigenvalue weighted by molar-refractivity contribution is -0.384. The van der Waals surface area contributed by atoms with E-state index in [1.165, 1.54) is 12.1 Å². The molecule has 1 atom stereocenters. The minimum Gasteiger partial charge on any atom is -0.480 e. The van der Waals surface area contributed by atoms with Crippen molar-refractivity contribution >= 4 is 11.7 Å². The first-order valence-corrected chi connectivity index (χ1v) is 5.66. The molecule has 0 amide bonds. The summed E-state index contributed by atoms with van der Waals surface area (Å²) in [5.41, 5.74) is 0.899. The van der Waals surface area contributed by atoms with Crippen molar-refractivity contribution in [2.24, 2.45) is 0 Å². The van der Waals surface area contributed by atoms with E-state index in [0.717, 1.165) is 5.56 Å². The molecule has 6 nitrogen and oxygen atoms in total. The van der Waals surface area contributed by atoms with Gasteiger partial charge in [-0.05, 0) is 19.0 Å². The monoisotopic (exact) mass is 252 g/mol. The highest BCUT2D eigenvalue weighted by Gasteiger charge is 2.17. The van der Waals surface area contributed by atoms with E-state index in [1.54, 1.807) is 17.0 Å². The summed E-state index contributed by atoms with van der Waals surface area (Å²) in [7, 11) is 0. The standard InChI is InChI=1S/C12H16N2O4/c1-3-13(8-12(15)16)9(2)10-4-6-11(7-5-10)14(17)18/h4-7,9H,3,8H2,1-2H3,(H,15,16). The third-order valence-electron chi connectivity index (χ3n) is 2.88. The fraction of sp³-hybridized carbons (Fsp3) is 0.417. The molecule has 1 aromatic carbocycles. The maximum Gasteiger partial charge on any atom is 0.317 e. The Morgan fingerprint density at radius 2 is 2.00 bits per heavy atom. The molecule has 18 heavy (non-hydrogen) atoms. The third kappa shape index (κ3) is 3.53. The van der Waals surface area contributed by atoms with Gasteiger partial charge in [0.05, 0.1) is 11.5 Å². The molecule has 1 unspecified atom stereocenters. The highest BCUT2D eigenvalue weighted by atomic mass is 16.6. The summed E-state index contributed by atoms with van der Waals surface area (Å²) in [5, 5.41) is 19.3. The highest BCUT2D eigenvalue weighted by molar-refractivity contribution is 5.69. The number of hydrogen-bond donors (Lipinski definition) is 1. The van der Waals surface area contributed by atoms with Crippen LogP contribution in [0.1, 0.15) is 25.5 Å². The first-order chi connectivity index (χ1) is 8.45. The molecular weight excluding hydrogens is 236 g/mol. The molecule has 0 saturated heterocycles. The normalized spacial score (nSPS) is 12.4. The number of nitrogens with zero attached hydrogens (tertiary/aromatic N) is 2. The molecule has 1 rings (SSSR count). The van der Waals surface area contributed by atoms with Gasteiger partial charge in [0.1, 0.15) is 0 Å². The molecule has 0 aliphatic rings. The Morgan fingerprint density at radius 3 is 2.39 bits per heavy atom. The first kappa shape index (κ1) is 14.1. The average molecular weight is 252 g/mol. The molecule has 0 aliphatic carbocycles. The van der Waals surface area contributed by atoms with Gasteiger partial charge in [0, 0.05) is 18.2 Å². The van der Waals surface area contributed by atoms with Crippen LogP contribution in [0.25, 0.3) is 0 Å². The van der Waals surface area contributed by atoms with Gasteiger partial charge in [-0.25, -0.2) is 0 Å². The number of rotatable bonds is 6. The number of carboxylic acid groups (broad SMARTS) is 1. The van der Waals surface area contributed by atoms with Gasteiger partial charge in [-0.1, -0.05) is 19.1 Å². The number of aliphatic carboxylic acids is 1. The molecule has 0 saturated carbocycles. The van der Waals surface area contributed by atoms with Crippen molar-refractivity contribution in [2.45, 2.75) is 19.9 Å². The zero-order valence-electron chi connectivity index (χ0n) is 10.4. The lowest BCUT2D eigenvalue weighted by Crippen LogP contribution is -2.32. The van der Waals surface area contributed by atoms with E-state index >= 15 is 0 Å². The van der Waals surface area contributed by atoms with Crippen LogP contribution < -0.4 is 0 Å². The van der Waals surface area contributed by atoms with Gasteiger partial charge in [0.15, 0.2) is 0 Å². The molecule has 98 valence electrons. The van der Waals surface area contributed by atoms with E-state index in [1.807, 2.05) is 13.8 Å². The van der Waals surface area contributed by atoms with Gasteiger partial charge < -0.3 is 5.11 Å². The number of likely N-dealkylation sites (N-methyl/N-ethyl adjacent to an activating group) is 1. The van der Waals surface area contributed by atoms with Crippen LogP contribution >= 0.6 is 0 Å². The van der Waals surface area contributed by atoms with Gasteiger partial charge in [-0.2, -0.15) is 0 Å². The summed E-state index contributed by atoms with van der Waals surface area (Å²) >= 11 is 0. The van der Waals surface area contributed by atoms with Crippen LogP contribution in [0.4, 0.5) is 5.69 Å². The highest BCUT2D eigenvalue weighted by Crippen LogP contribution is 2.22. The van der Waals surface area contributed by atoms with Crippen LogP contribution in [0.2, 0.25) is 0 Å². The Bertz CT molecular complexity index is 430. The van der Waals surface area contributed by atoms with E-state index in [-0.39, 0.29) is 18.3 Å². The Morgan fingerprint density at radius 1 is 1.44 bits per heavy atom. The maximum absolute atomic E-state index is 10.7. The molecule has 0 fully saturated rings. The van der Waals surface area contributed by atoms with E-state index < -0.39 is 10.9 Å². The van der Waals surface area contributed by atoms with E-state index in [9.17, 15) is 14.9 Å². The largest absolute Gasteiger partial charge is 0.480 e. The van der Waals surface area contributed by atoms with Crippen LogP contribution in [-0.2, 0) is 4.79 Å². The van der Waals surface area contributed by atoms with Crippen molar-refractivity contribution in [3.8, 4) is 0 Å². The molecule has 0 bridgehead atoms. The Labute approximate surface area is 105 Å². The van der Waals surface area contributed by atoms with Gasteiger partial charge in [0.2, 0.25) is 0 Å². The second-order valence-electron chi connectivity index (χ2n) is 3.98. The molecular formula is C12H16N2O4. The summed E-state index contributed by atoms with van der Waals surface area (Å²) in [4.78, 5) is 22.6. The van der Waals surface area contributed by atoms with Crippen molar-refractivity contribution in [3.05, 3.63) is 39.9 Å². The number of carboxylic acids is 1. The van der Waals surface area contributed by atoms with Gasteiger partial charge in [-0.3, -0.25) is 19.8 Å². The molecule has 0 radical (unpaired) electrons. The molecule has 0 heterocycles. The van der Waals surface area contributed by atoms with Crippen molar-refractivity contribution in [1.82, 2.24) is 4.90 Å². The number of non-ortho nitro benzene ring substituents is 1. The summed E-state index contributed by atoms with van der Waals surface area (Å²) in [6.45, 7) is 4.32. The summed E-state index contributed by atoms with van der Waals surface area (Å²) in [5.74, 6) is -0.884. The molecule has 6 heteroatoms. The van der Waals surface area contributed by atoms with Crippen molar-refractivity contribution in [1.29, 1.82) is 0 Å². The van der Waals surface area contributed by atoms with Crippen molar-refractivity contribution in [2.75, 3.05) is 13.1 Å². The fourth-order valence-corrected chi connectivity index (χ4v) is 1.78. The predicted molar refractivity (Wildman–Crippen MR) is 66.4 cm³/mol. The third-order valence-corrected chi connectivity index (χ3v) is 2.88. The second-order valence-corrected chi connectivity index (χ2v) is 3.98. The number of hydrogen-bond acceptors (Lipinski definition) is 4. The predicted octanol–water partition coefficient (Wildman–Crippen LogP) is 2.06. The number of carbonyl (C=O) groups is 1. The zero-order valence-corrected chi connectivity index (χ0v) is 10.4. The minimum atomic E-state index is -0.884. The molecule has 0 aliphatic heterocycles. The van der Waals surface area contributed by atoms with E-state index in [0.29, 0.717) is 6.54 Å². The topological polar surface area (TPSA) is 83.7 Å². The lowest BCUT2D eigenvalue weighted by Gasteiger charge is -2.26. The fourth-order valence-electron chi connectivity index (χ4n) is 1.78. The Hall–Kier alpha value is -1.95.